The molecule has 4 saturated carbocycles. The Bertz CT molecular complexity index is 1670. The number of aliphatic hydroxyl groups excluding tert-OH is 1. The number of Topliss-reactive ketones (excluding diaryl/α,β-unsaturated/α-hetero) is 1. The number of rotatable bonds is 10. The van der Waals surface area contributed by atoms with E-state index in [9.17, 15) is 29.0 Å². The molecular weight excluding hydrogens is 690 g/mol. The van der Waals surface area contributed by atoms with Gasteiger partial charge in [0.05, 0.1) is 17.9 Å². The van der Waals surface area contributed by atoms with E-state index in [1.54, 1.807) is 26.0 Å². The first kappa shape index (κ1) is 40.4. The van der Waals surface area contributed by atoms with E-state index in [2.05, 4.69) is 53.8 Å². The van der Waals surface area contributed by atoms with Crippen LogP contribution >= 0.6 is 12.6 Å². The summed E-state index contributed by atoms with van der Waals surface area (Å²) in [4.78, 5) is 39.0. The molecule has 0 amide bonds. The van der Waals surface area contributed by atoms with Gasteiger partial charge in [0, 0.05) is 35.1 Å². The van der Waals surface area contributed by atoms with Crippen LogP contribution in [0.1, 0.15) is 132 Å². The van der Waals surface area contributed by atoms with Gasteiger partial charge in [0.15, 0.2) is 5.78 Å². The number of thiol groups is 1. The summed E-state index contributed by atoms with van der Waals surface area (Å²) in [7, 11) is 0. The zero-order chi connectivity index (χ0) is 39.2. The molecule has 5 aliphatic carbocycles. The average molecular weight is 754 g/mol. The minimum absolute atomic E-state index is 0.0410. The van der Waals surface area contributed by atoms with E-state index in [1.807, 2.05) is 0 Å². The second-order valence-electron chi connectivity index (χ2n) is 19.9. The van der Waals surface area contributed by atoms with E-state index in [0.717, 1.165) is 56.1 Å². The summed E-state index contributed by atoms with van der Waals surface area (Å²) in [6, 6.07) is 6.42. The number of hydrogen-bond donors (Lipinski definition) is 4. The molecule has 1 aromatic carbocycles. The number of ether oxygens (including phenoxy) is 1. The maximum absolute atomic E-state index is 14.0. The van der Waals surface area contributed by atoms with Crippen molar-refractivity contribution in [2.45, 2.75) is 150 Å². The normalized spacial score (nSPS) is 38.4. The summed E-state index contributed by atoms with van der Waals surface area (Å²) in [5, 5.41) is 25.2. The molecule has 0 aromatic heterocycles. The van der Waals surface area contributed by atoms with E-state index < -0.39 is 39.0 Å². The second-order valence-corrected chi connectivity index (χ2v) is 20.7. The number of nitrogens with one attached hydrogen (secondary N) is 1. The number of carbonyl (C=O) groups is 3. The molecule has 5 aliphatic rings. The van der Waals surface area contributed by atoms with Gasteiger partial charge in [0.1, 0.15) is 11.9 Å². The molecular formula is C44H64FNO6S. The first-order valence-corrected chi connectivity index (χ1v) is 20.5. The van der Waals surface area contributed by atoms with Gasteiger partial charge in [0.25, 0.3) is 0 Å². The Hall–Kier alpha value is -2.23. The van der Waals surface area contributed by atoms with Crippen LogP contribution < -0.4 is 5.32 Å². The summed E-state index contributed by atoms with van der Waals surface area (Å²) in [6.07, 6.45) is 6.14. The number of carboxylic acid groups (broad SMARTS) is 1. The highest BCUT2D eigenvalue weighted by Gasteiger charge is 2.74. The number of carboxylic acids is 1. The van der Waals surface area contributed by atoms with Crippen LogP contribution in [0.15, 0.2) is 35.4 Å². The number of fused-ring (bicyclic) bond motifs is 7. The number of esters is 1. The van der Waals surface area contributed by atoms with Crippen LogP contribution in [0.5, 0.6) is 0 Å². The van der Waals surface area contributed by atoms with Crippen molar-refractivity contribution in [3.05, 3.63) is 46.8 Å². The van der Waals surface area contributed by atoms with Crippen LogP contribution in [0.25, 0.3) is 0 Å². The highest BCUT2D eigenvalue weighted by molar-refractivity contribution is 7.82. The molecule has 0 bridgehead atoms. The maximum Gasteiger partial charge on any atom is 0.309 e. The van der Waals surface area contributed by atoms with Gasteiger partial charge in [-0.1, -0.05) is 66.2 Å². The summed E-state index contributed by atoms with van der Waals surface area (Å²) in [5.74, 6) is -0.951. The SMILES string of the molecule is CC(C)C1=C2[C@H]3CC[C@@H]4[C@@]5(C)CC[C@H](OC(=O)CC(C)(C)C(=O)O)C(C)(C)C5(S)CC[C@@]4(C)[C@]3(C)CC[C@@]2([C@@H](O)CNCc2ccc(F)cc2)CC1=O. The van der Waals surface area contributed by atoms with Crippen molar-refractivity contribution in [1.29, 1.82) is 0 Å². The third kappa shape index (κ3) is 5.98. The van der Waals surface area contributed by atoms with E-state index in [-0.39, 0.29) is 52.2 Å². The topological polar surface area (TPSA) is 113 Å². The molecule has 1 aromatic rings. The number of ketones is 1. The Morgan fingerprint density at radius 3 is 2.23 bits per heavy atom. The van der Waals surface area contributed by atoms with Gasteiger partial charge >= 0.3 is 11.9 Å². The van der Waals surface area contributed by atoms with Crippen LogP contribution in [0.3, 0.4) is 0 Å². The van der Waals surface area contributed by atoms with E-state index in [0.29, 0.717) is 31.8 Å². The van der Waals surface area contributed by atoms with Crippen LogP contribution in [0.2, 0.25) is 0 Å². The van der Waals surface area contributed by atoms with E-state index >= 15 is 0 Å². The van der Waals surface area contributed by atoms with Crippen LogP contribution in [-0.4, -0.2) is 51.4 Å². The minimum atomic E-state index is -1.20. The van der Waals surface area contributed by atoms with Gasteiger partial charge in [-0.3, -0.25) is 14.4 Å². The standard InChI is InChI=1S/C44H64FNO6S/c1-26(2)35-30(47)22-43(32(48)25-46-24-27-10-12-28(45)13-11-27)20-18-40(7)29(36(35)43)14-15-31-41(40,8)19-21-44(53)39(5,6)33(16-17-42(31,44)9)52-34(49)23-38(3,4)37(50)51/h10-13,26,29,31-33,46,48,53H,14-25H2,1-9H3,(H,50,51)/t29-,31+,32+,33+,40-,41-,42-,43+,44?/m1/s1. The molecule has 0 radical (unpaired) electrons. The predicted molar refractivity (Wildman–Crippen MR) is 208 cm³/mol. The predicted octanol–water partition coefficient (Wildman–Crippen LogP) is 8.72. The van der Waals surface area contributed by atoms with Gasteiger partial charge in [-0.05, 0) is 122 Å². The Balaban J connectivity index is 1.28. The second kappa shape index (κ2) is 13.5. The summed E-state index contributed by atoms with van der Waals surface area (Å²) in [5.41, 5.74) is 0.595. The number of allylic oxidation sites excluding steroid dienone is 1. The number of aliphatic carboxylic acids is 1. The van der Waals surface area contributed by atoms with Crippen molar-refractivity contribution in [1.82, 2.24) is 5.32 Å². The first-order chi connectivity index (χ1) is 24.5. The number of benzene rings is 1. The monoisotopic (exact) mass is 753 g/mol. The largest absolute Gasteiger partial charge is 0.481 e. The molecule has 6 rings (SSSR count). The number of hydrogen-bond acceptors (Lipinski definition) is 7. The van der Waals surface area contributed by atoms with Gasteiger partial charge in [-0.15, -0.1) is 0 Å². The van der Waals surface area contributed by atoms with Gasteiger partial charge in [0.2, 0.25) is 0 Å². The molecule has 294 valence electrons. The molecule has 1 unspecified atom stereocenters. The lowest BCUT2D eigenvalue weighted by Crippen LogP contribution is -2.71. The van der Waals surface area contributed by atoms with Crippen LogP contribution in [0, 0.1) is 56.1 Å². The molecule has 53 heavy (non-hydrogen) atoms. The summed E-state index contributed by atoms with van der Waals surface area (Å²) < 4.78 is 19.3. The molecule has 7 nitrogen and oxygen atoms in total. The third-order valence-electron chi connectivity index (χ3n) is 16.4. The van der Waals surface area contributed by atoms with Crippen LogP contribution in [0.4, 0.5) is 4.39 Å². The fourth-order valence-electron chi connectivity index (χ4n) is 12.9. The van der Waals surface area contributed by atoms with Crippen molar-refractivity contribution in [3.8, 4) is 0 Å². The molecule has 3 N–H and O–H groups in total. The number of aliphatic hydroxyl groups is 1. The van der Waals surface area contributed by atoms with Gasteiger partial charge in [-0.25, -0.2) is 4.39 Å². The van der Waals surface area contributed by atoms with Crippen LogP contribution in [-0.2, 0) is 25.7 Å². The summed E-state index contributed by atoms with van der Waals surface area (Å²) in [6.45, 7) is 20.1. The summed E-state index contributed by atoms with van der Waals surface area (Å²) >= 11 is 5.66. The van der Waals surface area contributed by atoms with Crippen molar-refractivity contribution < 1.29 is 33.7 Å². The average Bonchev–Trinajstić information content (AvgIpc) is 3.38. The third-order valence-corrected chi connectivity index (χ3v) is 17.7. The highest BCUT2D eigenvalue weighted by atomic mass is 32.1. The van der Waals surface area contributed by atoms with E-state index in [4.69, 9.17) is 17.4 Å². The van der Waals surface area contributed by atoms with E-state index in [1.165, 1.54) is 17.7 Å². The molecule has 0 aliphatic heterocycles. The van der Waals surface area contributed by atoms with Crippen molar-refractivity contribution in [2.24, 2.45) is 50.2 Å². The molecule has 0 spiro atoms. The molecule has 0 heterocycles. The highest BCUT2D eigenvalue weighted by Crippen LogP contribution is 2.78. The first-order valence-electron chi connectivity index (χ1n) is 20.1. The smallest absolute Gasteiger partial charge is 0.309 e. The zero-order valence-electron chi connectivity index (χ0n) is 33.5. The maximum atomic E-state index is 14.0. The fraction of sp³-hybridized carbons (Fsp3) is 0.750. The molecule has 9 atom stereocenters. The molecule has 4 fully saturated rings. The lowest BCUT2D eigenvalue weighted by atomic mass is 9.32. The zero-order valence-corrected chi connectivity index (χ0v) is 34.4. The van der Waals surface area contributed by atoms with Crippen molar-refractivity contribution in [2.75, 3.05) is 6.54 Å². The Labute approximate surface area is 322 Å². The Kier molecular flexibility index (Phi) is 10.3. The minimum Gasteiger partial charge on any atom is -0.481 e. The van der Waals surface area contributed by atoms with Crippen molar-refractivity contribution >= 4 is 30.4 Å². The fourth-order valence-corrected chi connectivity index (χ4v) is 13.4. The lowest BCUT2D eigenvalue weighted by molar-refractivity contribution is -0.223. The van der Waals surface area contributed by atoms with Crippen molar-refractivity contribution in [3.63, 3.8) is 0 Å². The lowest BCUT2D eigenvalue weighted by Gasteiger charge is -2.75. The van der Waals surface area contributed by atoms with Gasteiger partial charge in [-0.2, -0.15) is 12.6 Å². The van der Waals surface area contributed by atoms with Gasteiger partial charge < -0.3 is 20.3 Å². The number of halogens is 1. The molecule has 0 saturated heterocycles. The number of carbonyl (C=O) groups excluding carboxylic acids is 2. The quantitative estimate of drug-likeness (QED) is 0.140. The Morgan fingerprint density at radius 2 is 1.60 bits per heavy atom. The molecule has 9 heteroatoms. The Morgan fingerprint density at radius 1 is 0.962 bits per heavy atom.